The average Bonchev–Trinajstić information content (AvgIpc) is 2.95. The molecule has 1 aliphatic heterocycles. The molecule has 114 valence electrons. The molecule has 1 aromatic heterocycles. The predicted octanol–water partition coefficient (Wildman–Crippen LogP) is 0.734. The lowest BCUT2D eigenvalue weighted by molar-refractivity contribution is -0.147. The third-order valence-corrected chi connectivity index (χ3v) is 4.18. The average molecular weight is 308 g/mol. The zero-order valence-corrected chi connectivity index (χ0v) is 12.7. The molecule has 3 N–H and O–H groups in total. The van der Waals surface area contributed by atoms with Gasteiger partial charge in [-0.2, -0.15) is 0 Å². The number of nitrogens with two attached hydrogens (primary N) is 1. The van der Waals surface area contributed by atoms with E-state index in [4.69, 9.17) is 5.73 Å². The molecule has 2 amide bonds. The minimum Gasteiger partial charge on any atom is -0.370 e. The highest BCUT2D eigenvalue weighted by Gasteiger charge is 2.24. The fourth-order valence-corrected chi connectivity index (χ4v) is 2.84. The number of guanidine groups is 1. The molecule has 2 rings (SSSR count). The maximum Gasteiger partial charge on any atom is 0.229 e. The molecular weight excluding hydrogens is 288 g/mol. The molecule has 0 aromatic carbocycles. The van der Waals surface area contributed by atoms with Gasteiger partial charge in [0.2, 0.25) is 11.8 Å². The normalized spacial score (nSPS) is 16.4. The van der Waals surface area contributed by atoms with Crippen molar-refractivity contribution in [1.82, 2.24) is 10.2 Å². The van der Waals surface area contributed by atoms with Crippen molar-refractivity contribution in [3.05, 3.63) is 22.4 Å². The third-order valence-electron chi connectivity index (χ3n) is 3.25. The van der Waals surface area contributed by atoms with E-state index in [1.54, 1.807) is 11.3 Å². The number of thiophene rings is 1. The lowest BCUT2D eigenvalue weighted by Crippen LogP contribution is -2.45. The molecule has 0 bridgehead atoms. The fourth-order valence-electron chi connectivity index (χ4n) is 2.14. The van der Waals surface area contributed by atoms with Crippen molar-refractivity contribution in [3.63, 3.8) is 0 Å². The molecule has 1 aromatic rings. The van der Waals surface area contributed by atoms with Gasteiger partial charge < -0.3 is 11.1 Å². The summed E-state index contributed by atoms with van der Waals surface area (Å²) in [5.41, 5.74) is 5.75. The number of aliphatic imine (C=N–C) groups is 1. The van der Waals surface area contributed by atoms with E-state index in [9.17, 15) is 9.59 Å². The number of imide groups is 1. The first-order valence-corrected chi connectivity index (χ1v) is 7.94. The van der Waals surface area contributed by atoms with Gasteiger partial charge in [0.15, 0.2) is 5.96 Å². The fraction of sp³-hybridized carbons (Fsp3) is 0.500. The number of carbonyl (C=O) groups excluding carboxylic acids is 2. The summed E-state index contributed by atoms with van der Waals surface area (Å²) in [6.07, 6.45) is 2.43. The molecule has 1 saturated heterocycles. The van der Waals surface area contributed by atoms with Crippen molar-refractivity contribution in [2.45, 2.75) is 25.7 Å². The van der Waals surface area contributed by atoms with Crippen LogP contribution in [0.4, 0.5) is 0 Å². The molecule has 6 nitrogen and oxygen atoms in total. The summed E-state index contributed by atoms with van der Waals surface area (Å²) < 4.78 is 0. The van der Waals surface area contributed by atoms with Crippen LogP contribution in [-0.2, 0) is 16.0 Å². The molecule has 1 aliphatic rings. The van der Waals surface area contributed by atoms with Gasteiger partial charge in [-0.3, -0.25) is 19.5 Å². The number of rotatable bonds is 6. The van der Waals surface area contributed by atoms with E-state index in [-0.39, 0.29) is 11.8 Å². The molecular formula is C14H20N4O2S. The summed E-state index contributed by atoms with van der Waals surface area (Å²) >= 11 is 1.70. The zero-order valence-electron chi connectivity index (χ0n) is 11.9. The number of hydrogen-bond acceptors (Lipinski definition) is 4. The lowest BCUT2D eigenvalue weighted by atomic mass is 10.1. The van der Waals surface area contributed by atoms with Gasteiger partial charge in [0.25, 0.3) is 0 Å². The molecule has 0 spiro atoms. The van der Waals surface area contributed by atoms with Crippen molar-refractivity contribution in [1.29, 1.82) is 0 Å². The number of carbonyl (C=O) groups is 2. The molecule has 0 radical (unpaired) electrons. The number of hydrogen-bond donors (Lipinski definition) is 2. The van der Waals surface area contributed by atoms with Crippen molar-refractivity contribution < 1.29 is 9.59 Å². The van der Waals surface area contributed by atoms with Crippen LogP contribution in [0.5, 0.6) is 0 Å². The monoisotopic (exact) mass is 308 g/mol. The molecule has 7 heteroatoms. The van der Waals surface area contributed by atoms with Crippen LogP contribution in [0.15, 0.2) is 22.5 Å². The standard InChI is InChI=1S/C14H20N4O2S/c15-14(16-7-6-11-3-2-10-21-11)17-8-9-18-12(19)4-1-5-13(18)20/h2-3,10H,1,4-9H2,(H3,15,16,17). The van der Waals surface area contributed by atoms with Gasteiger partial charge in [0.05, 0.1) is 0 Å². The van der Waals surface area contributed by atoms with Gasteiger partial charge in [0, 0.05) is 43.8 Å². The quantitative estimate of drug-likeness (QED) is 0.461. The van der Waals surface area contributed by atoms with Gasteiger partial charge in [-0.15, -0.1) is 11.3 Å². The van der Waals surface area contributed by atoms with Crippen LogP contribution in [0.25, 0.3) is 0 Å². The number of likely N-dealkylation sites (tertiary alicyclic amines) is 1. The Bertz CT molecular complexity index is 497. The van der Waals surface area contributed by atoms with Gasteiger partial charge in [-0.1, -0.05) is 6.07 Å². The Morgan fingerprint density at radius 3 is 2.81 bits per heavy atom. The summed E-state index contributed by atoms with van der Waals surface area (Å²) in [5.74, 6) is 0.158. The number of amides is 2. The molecule has 21 heavy (non-hydrogen) atoms. The van der Waals surface area contributed by atoms with Gasteiger partial charge >= 0.3 is 0 Å². The minimum absolute atomic E-state index is 0.0961. The van der Waals surface area contributed by atoms with E-state index in [0.29, 0.717) is 44.9 Å². The Hall–Kier alpha value is -1.89. The van der Waals surface area contributed by atoms with E-state index < -0.39 is 0 Å². The molecule has 2 heterocycles. The number of nitrogens with zero attached hydrogens (tertiary/aromatic N) is 2. The van der Waals surface area contributed by atoms with Crippen LogP contribution in [-0.4, -0.2) is 42.3 Å². The molecule has 0 unspecified atom stereocenters. The summed E-state index contributed by atoms with van der Waals surface area (Å²) in [6.45, 7) is 1.41. The van der Waals surface area contributed by atoms with Crippen LogP contribution < -0.4 is 11.1 Å². The van der Waals surface area contributed by atoms with Gasteiger partial charge in [0.1, 0.15) is 0 Å². The Kier molecular flexibility index (Phi) is 5.74. The van der Waals surface area contributed by atoms with E-state index >= 15 is 0 Å². The first-order valence-electron chi connectivity index (χ1n) is 7.06. The van der Waals surface area contributed by atoms with Crippen LogP contribution in [0, 0.1) is 0 Å². The zero-order chi connectivity index (χ0) is 15.1. The van der Waals surface area contributed by atoms with Crippen molar-refractivity contribution in [2.75, 3.05) is 19.6 Å². The van der Waals surface area contributed by atoms with E-state index in [1.165, 1.54) is 9.78 Å². The van der Waals surface area contributed by atoms with E-state index in [0.717, 1.165) is 6.42 Å². The Labute approximate surface area is 128 Å². The minimum atomic E-state index is -0.0961. The molecule has 0 saturated carbocycles. The molecule has 0 atom stereocenters. The highest BCUT2D eigenvalue weighted by Crippen LogP contribution is 2.11. The SMILES string of the molecule is NC(=NCCc1cccs1)NCCN1C(=O)CCCC1=O. The Morgan fingerprint density at radius 2 is 2.14 bits per heavy atom. The van der Waals surface area contributed by atoms with Crippen LogP contribution >= 0.6 is 11.3 Å². The third kappa shape index (κ3) is 4.86. The number of nitrogens with one attached hydrogen (secondary N) is 1. The lowest BCUT2D eigenvalue weighted by Gasteiger charge is -2.24. The maximum atomic E-state index is 11.6. The summed E-state index contributed by atoms with van der Waals surface area (Å²) in [7, 11) is 0. The summed E-state index contributed by atoms with van der Waals surface area (Å²) in [6, 6.07) is 4.08. The van der Waals surface area contributed by atoms with E-state index in [1.807, 2.05) is 11.4 Å². The maximum absolute atomic E-state index is 11.6. The van der Waals surface area contributed by atoms with Crippen LogP contribution in [0.2, 0.25) is 0 Å². The smallest absolute Gasteiger partial charge is 0.229 e. The van der Waals surface area contributed by atoms with Crippen molar-refractivity contribution in [2.24, 2.45) is 10.7 Å². The van der Waals surface area contributed by atoms with Gasteiger partial charge in [-0.25, -0.2) is 0 Å². The Morgan fingerprint density at radius 1 is 1.38 bits per heavy atom. The molecule has 1 fully saturated rings. The second-order valence-corrected chi connectivity index (χ2v) is 5.85. The summed E-state index contributed by atoms with van der Waals surface area (Å²) in [4.78, 5) is 30.0. The van der Waals surface area contributed by atoms with Crippen LogP contribution in [0.3, 0.4) is 0 Å². The summed E-state index contributed by atoms with van der Waals surface area (Å²) in [5, 5.41) is 4.97. The predicted molar refractivity (Wildman–Crippen MR) is 83.1 cm³/mol. The number of piperidine rings is 1. The topological polar surface area (TPSA) is 87.8 Å². The molecule has 0 aliphatic carbocycles. The highest BCUT2D eigenvalue weighted by molar-refractivity contribution is 7.09. The van der Waals surface area contributed by atoms with Crippen LogP contribution in [0.1, 0.15) is 24.1 Å². The Balaban J connectivity index is 1.67. The first-order chi connectivity index (χ1) is 10.2. The van der Waals surface area contributed by atoms with Crippen molar-refractivity contribution >= 4 is 29.1 Å². The largest absolute Gasteiger partial charge is 0.370 e. The van der Waals surface area contributed by atoms with E-state index in [2.05, 4.69) is 16.4 Å². The second kappa shape index (κ2) is 7.78. The first kappa shape index (κ1) is 15.5. The van der Waals surface area contributed by atoms with Gasteiger partial charge in [-0.05, 0) is 17.9 Å². The highest BCUT2D eigenvalue weighted by atomic mass is 32.1. The second-order valence-electron chi connectivity index (χ2n) is 4.82. The van der Waals surface area contributed by atoms with Crippen molar-refractivity contribution in [3.8, 4) is 0 Å².